The first-order valence-corrected chi connectivity index (χ1v) is 7.85. The van der Waals surface area contributed by atoms with E-state index in [0.717, 1.165) is 23.3 Å². The van der Waals surface area contributed by atoms with Gasteiger partial charge in [0.05, 0.1) is 0 Å². The van der Waals surface area contributed by atoms with Gasteiger partial charge in [-0.25, -0.2) is 5.43 Å². The predicted octanol–water partition coefficient (Wildman–Crippen LogP) is 2.89. The molecule has 0 atom stereocenters. The molecule has 2 N–H and O–H groups in total. The van der Waals surface area contributed by atoms with E-state index in [9.17, 15) is 4.79 Å². The van der Waals surface area contributed by atoms with Crippen LogP contribution in [0.5, 0.6) is 0 Å². The summed E-state index contributed by atoms with van der Waals surface area (Å²) < 4.78 is 0. The van der Waals surface area contributed by atoms with Gasteiger partial charge in [0.25, 0.3) is 5.91 Å². The van der Waals surface area contributed by atoms with E-state index in [2.05, 4.69) is 10.9 Å². The van der Waals surface area contributed by atoms with Crippen molar-refractivity contribution in [1.82, 2.24) is 10.9 Å². The molecule has 4 saturated carbocycles. The number of hydrazine groups is 1. The maximum atomic E-state index is 12.2. The van der Waals surface area contributed by atoms with Crippen LogP contribution in [0.15, 0.2) is 30.3 Å². The average molecular weight is 270 g/mol. The van der Waals surface area contributed by atoms with Gasteiger partial charge in [0.2, 0.25) is 0 Å². The fraction of sp³-hybridized carbons (Fsp3) is 0.588. The molecule has 0 unspecified atom stereocenters. The molecule has 5 rings (SSSR count). The van der Waals surface area contributed by atoms with E-state index in [4.69, 9.17) is 0 Å². The van der Waals surface area contributed by atoms with Crippen LogP contribution in [0.1, 0.15) is 48.9 Å². The molecule has 4 fully saturated rings. The highest BCUT2D eigenvalue weighted by Gasteiger charge is 2.51. The Labute approximate surface area is 120 Å². The molecule has 1 amide bonds. The van der Waals surface area contributed by atoms with Crippen LogP contribution in [0, 0.1) is 17.8 Å². The summed E-state index contributed by atoms with van der Waals surface area (Å²) in [6.45, 7) is 0. The summed E-state index contributed by atoms with van der Waals surface area (Å²) in [5.41, 5.74) is 7.30. The standard InChI is InChI=1S/C17H22N2O/c20-16(15-4-2-1-3-5-15)18-19-17-9-12-6-13(10-17)8-14(7-12)11-17/h1-5,12-14,19H,6-11H2,(H,18,20). The largest absolute Gasteiger partial charge is 0.287 e. The minimum Gasteiger partial charge on any atom is -0.287 e. The molecule has 106 valence electrons. The second-order valence-electron chi connectivity index (χ2n) is 7.14. The van der Waals surface area contributed by atoms with Crippen molar-refractivity contribution in [2.45, 2.75) is 44.1 Å². The number of benzene rings is 1. The number of carbonyl (C=O) groups excluding carboxylic acids is 1. The van der Waals surface area contributed by atoms with Crippen LogP contribution in [0.3, 0.4) is 0 Å². The Bertz CT molecular complexity index is 476. The van der Waals surface area contributed by atoms with E-state index in [1.54, 1.807) is 0 Å². The van der Waals surface area contributed by atoms with Crippen molar-refractivity contribution < 1.29 is 4.79 Å². The van der Waals surface area contributed by atoms with Crippen molar-refractivity contribution in [3.05, 3.63) is 35.9 Å². The Morgan fingerprint density at radius 2 is 1.50 bits per heavy atom. The molecular formula is C17H22N2O. The van der Waals surface area contributed by atoms with Crippen molar-refractivity contribution in [1.29, 1.82) is 0 Å². The van der Waals surface area contributed by atoms with Gasteiger partial charge >= 0.3 is 0 Å². The van der Waals surface area contributed by atoms with Crippen LogP contribution in [0.4, 0.5) is 0 Å². The third-order valence-electron chi connectivity index (χ3n) is 5.52. The molecule has 0 aromatic heterocycles. The van der Waals surface area contributed by atoms with Gasteiger partial charge in [-0.05, 0) is 68.4 Å². The summed E-state index contributed by atoms with van der Waals surface area (Å²) in [6.07, 6.45) is 8.00. The summed E-state index contributed by atoms with van der Waals surface area (Å²) >= 11 is 0. The molecule has 0 saturated heterocycles. The molecule has 0 radical (unpaired) electrons. The maximum Gasteiger partial charge on any atom is 0.265 e. The van der Waals surface area contributed by atoms with Crippen molar-refractivity contribution in [3.8, 4) is 0 Å². The summed E-state index contributed by atoms with van der Waals surface area (Å²) in [7, 11) is 0. The first kappa shape index (κ1) is 12.4. The van der Waals surface area contributed by atoms with Crippen molar-refractivity contribution in [2.75, 3.05) is 0 Å². The SMILES string of the molecule is O=C(NNC12CC3CC(CC(C3)C1)C2)c1ccccc1. The van der Waals surface area contributed by atoms with E-state index in [-0.39, 0.29) is 11.4 Å². The van der Waals surface area contributed by atoms with Crippen LogP contribution < -0.4 is 10.9 Å². The van der Waals surface area contributed by atoms with Crippen molar-refractivity contribution in [3.63, 3.8) is 0 Å². The molecule has 4 aliphatic rings. The lowest BCUT2D eigenvalue weighted by Gasteiger charge is -2.56. The molecule has 3 nitrogen and oxygen atoms in total. The number of carbonyl (C=O) groups is 1. The minimum atomic E-state index is -0.0126. The van der Waals surface area contributed by atoms with Gasteiger partial charge < -0.3 is 0 Å². The van der Waals surface area contributed by atoms with E-state index in [1.807, 2.05) is 30.3 Å². The highest BCUT2D eigenvalue weighted by atomic mass is 16.2. The maximum absolute atomic E-state index is 12.2. The van der Waals surface area contributed by atoms with Crippen molar-refractivity contribution in [2.24, 2.45) is 17.8 Å². The Hall–Kier alpha value is -1.35. The Balaban J connectivity index is 1.43. The van der Waals surface area contributed by atoms with Gasteiger partial charge in [0.1, 0.15) is 0 Å². The van der Waals surface area contributed by atoms with Crippen LogP contribution in [0.2, 0.25) is 0 Å². The zero-order valence-electron chi connectivity index (χ0n) is 11.8. The molecule has 0 heterocycles. The lowest BCUT2D eigenvalue weighted by molar-refractivity contribution is -0.0257. The number of rotatable bonds is 3. The Kier molecular flexibility index (Phi) is 2.84. The van der Waals surface area contributed by atoms with Gasteiger partial charge in [0, 0.05) is 11.1 Å². The predicted molar refractivity (Wildman–Crippen MR) is 77.9 cm³/mol. The molecule has 3 heteroatoms. The smallest absolute Gasteiger partial charge is 0.265 e. The second kappa shape index (κ2) is 4.59. The molecule has 4 aliphatic carbocycles. The Morgan fingerprint density at radius 3 is 2.05 bits per heavy atom. The molecular weight excluding hydrogens is 248 g/mol. The normalized spacial score (nSPS) is 37.9. The number of nitrogens with one attached hydrogen (secondary N) is 2. The molecule has 4 bridgehead atoms. The van der Waals surface area contributed by atoms with E-state index in [0.29, 0.717) is 0 Å². The van der Waals surface area contributed by atoms with Crippen LogP contribution in [-0.4, -0.2) is 11.4 Å². The molecule has 20 heavy (non-hydrogen) atoms. The van der Waals surface area contributed by atoms with Gasteiger partial charge in [-0.15, -0.1) is 0 Å². The highest BCUT2D eigenvalue weighted by molar-refractivity contribution is 5.93. The number of amides is 1. The molecule has 0 spiro atoms. The van der Waals surface area contributed by atoms with Gasteiger partial charge in [-0.3, -0.25) is 10.2 Å². The van der Waals surface area contributed by atoms with Gasteiger partial charge in [0.15, 0.2) is 0 Å². The quantitative estimate of drug-likeness (QED) is 0.829. The Morgan fingerprint density at radius 1 is 0.950 bits per heavy atom. The van der Waals surface area contributed by atoms with Crippen LogP contribution >= 0.6 is 0 Å². The van der Waals surface area contributed by atoms with Crippen LogP contribution in [-0.2, 0) is 0 Å². The zero-order valence-corrected chi connectivity index (χ0v) is 11.8. The number of hydrogen-bond donors (Lipinski definition) is 2. The summed E-state index contributed by atoms with van der Waals surface area (Å²) in [5, 5.41) is 0. The highest BCUT2D eigenvalue weighted by Crippen LogP contribution is 2.55. The first-order chi connectivity index (χ1) is 9.72. The monoisotopic (exact) mass is 270 g/mol. The fourth-order valence-corrected chi connectivity index (χ4v) is 5.11. The summed E-state index contributed by atoms with van der Waals surface area (Å²) in [4.78, 5) is 12.2. The zero-order chi connectivity index (χ0) is 13.6. The lowest BCUT2D eigenvalue weighted by atomic mass is 9.53. The first-order valence-electron chi connectivity index (χ1n) is 7.85. The summed E-state index contributed by atoms with van der Waals surface area (Å²) in [6, 6.07) is 9.45. The van der Waals surface area contributed by atoms with Gasteiger partial charge in [-0.2, -0.15) is 0 Å². The molecule has 1 aromatic rings. The summed E-state index contributed by atoms with van der Waals surface area (Å²) in [5.74, 6) is 2.66. The van der Waals surface area contributed by atoms with Crippen LogP contribution in [0.25, 0.3) is 0 Å². The fourth-order valence-electron chi connectivity index (χ4n) is 5.11. The van der Waals surface area contributed by atoms with Crippen molar-refractivity contribution >= 4 is 5.91 Å². The second-order valence-corrected chi connectivity index (χ2v) is 7.14. The minimum absolute atomic E-state index is 0.0126. The number of hydrogen-bond acceptors (Lipinski definition) is 2. The lowest BCUT2D eigenvalue weighted by Crippen LogP contribution is -2.62. The molecule has 1 aromatic carbocycles. The van der Waals surface area contributed by atoms with E-state index < -0.39 is 0 Å². The topological polar surface area (TPSA) is 41.1 Å². The molecule has 0 aliphatic heterocycles. The van der Waals surface area contributed by atoms with E-state index in [1.165, 1.54) is 38.5 Å². The van der Waals surface area contributed by atoms with Gasteiger partial charge in [-0.1, -0.05) is 18.2 Å². The van der Waals surface area contributed by atoms with E-state index >= 15 is 0 Å². The third kappa shape index (κ3) is 2.14. The third-order valence-corrected chi connectivity index (χ3v) is 5.52. The average Bonchev–Trinajstić information content (AvgIpc) is 2.44.